The summed E-state index contributed by atoms with van der Waals surface area (Å²) in [5.41, 5.74) is 0. The second-order valence-corrected chi connectivity index (χ2v) is 11.9. The molecule has 0 radical (unpaired) electrons. The van der Waals surface area contributed by atoms with Gasteiger partial charge in [0.25, 0.3) is 0 Å². The lowest BCUT2D eigenvalue weighted by atomic mass is 9.81. The Morgan fingerprint density at radius 1 is 0.622 bits per heavy atom. The number of aliphatic carboxylic acids is 1. The molecular formula is C33H62O4. The van der Waals surface area contributed by atoms with E-state index in [9.17, 15) is 14.7 Å². The largest absolute Gasteiger partial charge is 0.481 e. The maximum absolute atomic E-state index is 12.9. The quantitative estimate of drug-likeness (QED) is 0.0956. The molecule has 1 fully saturated rings. The molecule has 0 amide bonds. The van der Waals surface area contributed by atoms with Crippen LogP contribution in [0.1, 0.15) is 181 Å². The summed E-state index contributed by atoms with van der Waals surface area (Å²) in [6, 6.07) is 0. The van der Waals surface area contributed by atoms with Crippen molar-refractivity contribution in [2.45, 2.75) is 187 Å². The van der Waals surface area contributed by atoms with Crippen LogP contribution in [0.3, 0.4) is 0 Å². The van der Waals surface area contributed by atoms with E-state index >= 15 is 0 Å². The zero-order chi connectivity index (χ0) is 27.0. The summed E-state index contributed by atoms with van der Waals surface area (Å²) in [6.45, 7) is 4.53. The maximum atomic E-state index is 12.9. The second kappa shape index (κ2) is 24.0. The third-order valence-corrected chi connectivity index (χ3v) is 8.40. The predicted octanol–water partition coefficient (Wildman–Crippen LogP) is 10.4. The Morgan fingerprint density at radius 3 is 1.41 bits per heavy atom. The number of ether oxygens (including phenoxy) is 1. The Morgan fingerprint density at radius 2 is 1.00 bits per heavy atom. The topological polar surface area (TPSA) is 63.6 Å². The standard InChI is InChI=1S/C33H62O4/c1-3-5-7-9-11-13-14-16-18-20-22-27-31(26-21-19-17-15-12-10-8-6-4-2)37-33(36)30-25-23-24-29(28-30)32(34)35/h29-31H,3-28H2,1-2H3,(H,34,35). The molecular weight excluding hydrogens is 460 g/mol. The van der Waals surface area contributed by atoms with E-state index in [2.05, 4.69) is 13.8 Å². The molecule has 1 aliphatic carbocycles. The Labute approximate surface area is 230 Å². The molecule has 0 bridgehead atoms. The molecule has 1 N–H and O–H groups in total. The van der Waals surface area contributed by atoms with Gasteiger partial charge in [-0.05, 0) is 44.9 Å². The van der Waals surface area contributed by atoms with Gasteiger partial charge in [-0.3, -0.25) is 9.59 Å². The average Bonchev–Trinajstić information content (AvgIpc) is 2.90. The summed E-state index contributed by atoms with van der Waals surface area (Å²) in [7, 11) is 0. The maximum Gasteiger partial charge on any atom is 0.309 e. The van der Waals surface area contributed by atoms with Crippen molar-refractivity contribution in [1.29, 1.82) is 0 Å². The van der Waals surface area contributed by atoms with Crippen LogP contribution < -0.4 is 0 Å². The Bertz CT molecular complexity index is 546. The average molecular weight is 523 g/mol. The minimum atomic E-state index is -0.760. The molecule has 4 nitrogen and oxygen atoms in total. The highest BCUT2D eigenvalue weighted by Crippen LogP contribution is 2.31. The smallest absolute Gasteiger partial charge is 0.309 e. The van der Waals surface area contributed by atoms with Crippen LogP contribution >= 0.6 is 0 Å². The van der Waals surface area contributed by atoms with E-state index in [4.69, 9.17) is 4.74 Å². The lowest BCUT2D eigenvalue weighted by Gasteiger charge is -2.27. The van der Waals surface area contributed by atoms with E-state index < -0.39 is 5.97 Å². The number of hydrogen-bond donors (Lipinski definition) is 1. The SMILES string of the molecule is CCCCCCCCCCCCCC(CCCCCCCCCCC)OC(=O)C1CCCC(C(=O)O)C1. The van der Waals surface area contributed by atoms with Crippen molar-refractivity contribution in [3.63, 3.8) is 0 Å². The van der Waals surface area contributed by atoms with E-state index in [0.29, 0.717) is 12.8 Å². The van der Waals surface area contributed by atoms with Crippen LogP contribution in [0.25, 0.3) is 0 Å². The van der Waals surface area contributed by atoms with Crippen molar-refractivity contribution >= 4 is 11.9 Å². The van der Waals surface area contributed by atoms with Crippen molar-refractivity contribution < 1.29 is 19.4 Å². The van der Waals surface area contributed by atoms with Crippen molar-refractivity contribution in [3.05, 3.63) is 0 Å². The van der Waals surface area contributed by atoms with E-state index in [1.54, 1.807) is 0 Å². The van der Waals surface area contributed by atoms with Gasteiger partial charge in [-0.1, -0.05) is 136 Å². The van der Waals surface area contributed by atoms with Crippen LogP contribution in [-0.2, 0) is 14.3 Å². The third-order valence-electron chi connectivity index (χ3n) is 8.40. The number of carbonyl (C=O) groups excluding carboxylic acids is 1. The molecule has 1 aliphatic rings. The summed E-state index contributed by atoms with van der Waals surface area (Å²) < 4.78 is 6.05. The first-order valence-corrected chi connectivity index (χ1v) is 16.5. The summed E-state index contributed by atoms with van der Waals surface area (Å²) in [5.74, 6) is -1.49. The van der Waals surface area contributed by atoms with Crippen LogP contribution in [0.15, 0.2) is 0 Å². The Hall–Kier alpha value is -1.06. The van der Waals surface area contributed by atoms with Crippen molar-refractivity contribution in [2.24, 2.45) is 11.8 Å². The minimum absolute atomic E-state index is 0.0147. The molecule has 3 unspecified atom stereocenters. The van der Waals surface area contributed by atoms with Gasteiger partial charge in [0.2, 0.25) is 0 Å². The van der Waals surface area contributed by atoms with Gasteiger partial charge < -0.3 is 9.84 Å². The molecule has 0 heterocycles. The summed E-state index contributed by atoms with van der Waals surface area (Å²) >= 11 is 0. The van der Waals surface area contributed by atoms with Crippen molar-refractivity contribution in [1.82, 2.24) is 0 Å². The summed E-state index contributed by atoms with van der Waals surface area (Å²) in [5, 5.41) is 9.38. The monoisotopic (exact) mass is 522 g/mol. The lowest BCUT2D eigenvalue weighted by Crippen LogP contribution is -2.31. The number of carboxylic acid groups (broad SMARTS) is 1. The van der Waals surface area contributed by atoms with Gasteiger partial charge in [-0.15, -0.1) is 0 Å². The first-order valence-electron chi connectivity index (χ1n) is 16.5. The fourth-order valence-corrected chi connectivity index (χ4v) is 5.87. The highest BCUT2D eigenvalue weighted by Gasteiger charge is 2.32. The molecule has 218 valence electrons. The molecule has 1 rings (SSSR count). The molecule has 0 aromatic rings. The van der Waals surface area contributed by atoms with E-state index in [0.717, 1.165) is 38.5 Å². The minimum Gasteiger partial charge on any atom is -0.481 e. The number of carboxylic acids is 1. The molecule has 1 saturated carbocycles. The van der Waals surface area contributed by atoms with E-state index in [-0.39, 0.29) is 23.9 Å². The van der Waals surface area contributed by atoms with Crippen LogP contribution in [0, 0.1) is 11.8 Å². The van der Waals surface area contributed by atoms with Gasteiger partial charge in [-0.2, -0.15) is 0 Å². The Kier molecular flexibility index (Phi) is 22.0. The first-order chi connectivity index (χ1) is 18.1. The highest BCUT2D eigenvalue weighted by molar-refractivity contribution is 5.75. The van der Waals surface area contributed by atoms with Gasteiger partial charge in [0.1, 0.15) is 6.10 Å². The third kappa shape index (κ3) is 18.8. The van der Waals surface area contributed by atoms with Gasteiger partial charge >= 0.3 is 11.9 Å². The van der Waals surface area contributed by atoms with Crippen molar-refractivity contribution in [3.8, 4) is 0 Å². The first kappa shape index (κ1) is 34.0. The normalized spacial score (nSPS) is 18.5. The zero-order valence-corrected chi connectivity index (χ0v) is 24.8. The molecule has 0 aliphatic heterocycles. The summed E-state index contributed by atoms with van der Waals surface area (Å²) in [6.07, 6.45) is 31.0. The predicted molar refractivity (Wildman–Crippen MR) is 156 cm³/mol. The number of rotatable bonds is 25. The molecule has 0 spiro atoms. The number of unbranched alkanes of at least 4 members (excludes halogenated alkanes) is 18. The lowest BCUT2D eigenvalue weighted by molar-refractivity contribution is -0.158. The highest BCUT2D eigenvalue weighted by atomic mass is 16.5. The van der Waals surface area contributed by atoms with Crippen LogP contribution in [0.4, 0.5) is 0 Å². The zero-order valence-electron chi connectivity index (χ0n) is 24.8. The molecule has 3 atom stereocenters. The number of hydrogen-bond acceptors (Lipinski definition) is 3. The van der Waals surface area contributed by atoms with Crippen LogP contribution in [0.2, 0.25) is 0 Å². The van der Waals surface area contributed by atoms with E-state index in [1.807, 2.05) is 0 Å². The summed E-state index contributed by atoms with van der Waals surface area (Å²) in [4.78, 5) is 24.3. The Balaban J connectivity index is 2.30. The van der Waals surface area contributed by atoms with E-state index in [1.165, 1.54) is 116 Å². The molecule has 0 aromatic carbocycles. The van der Waals surface area contributed by atoms with Crippen LogP contribution in [0.5, 0.6) is 0 Å². The number of esters is 1. The van der Waals surface area contributed by atoms with Gasteiger partial charge in [0.15, 0.2) is 0 Å². The number of carbonyl (C=O) groups is 2. The molecule has 0 saturated heterocycles. The second-order valence-electron chi connectivity index (χ2n) is 11.9. The van der Waals surface area contributed by atoms with Gasteiger partial charge in [0, 0.05) is 0 Å². The molecule has 37 heavy (non-hydrogen) atoms. The fraction of sp³-hybridized carbons (Fsp3) is 0.939. The van der Waals surface area contributed by atoms with Gasteiger partial charge in [0.05, 0.1) is 11.8 Å². The van der Waals surface area contributed by atoms with Gasteiger partial charge in [-0.25, -0.2) is 0 Å². The molecule has 0 aromatic heterocycles. The molecule has 4 heteroatoms. The fourth-order valence-electron chi connectivity index (χ4n) is 5.87. The van der Waals surface area contributed by atoms with Crippen molar-refractivity contribution in [2.75, 3.05) is 0 Å². The van der Waals surface area contributed by atoms with Crippen LogP contribution in [-0.4, -0.2) is 23.1 Å².